The Balaban J connectivity index is 2.08. The van der Waals surface area contributed by atoms with Crippen LogP contribution in [0, 0.1) is 10.1 Å². The minimum atomic E-state index is -0.707. The molecule has 0 amide bonds. The van der Waals surface area contributed by atoms with Gasteiger partial charge in [-0.2, -0.15) is 0 Å². The number of nitrogens with one attached hydrogen (secondary N) is 1. The minimum Gasteiger partial charge on any atom is -0.465 e. The zero-order chi connectivity index (χ0) is 16.8. The fraction of sp³-hybridized carbons (Fsp3) is 0.438. The molecule has 7 heteroatoms. The standard InChI is InChI=1S/C16H21N3O4/c1-3-8-18-9-6-12(7-10-18)17-13-4-5-15(19(21)22)14(11-13)16(20)23-2/h3-5,11-12,17H,1,6-10H2,2H3. The molecule has 1 saturated heterocycles. The van der Waals surface area contributed by atoms with Gasteiger partial charge in [-0.05, 0) is 25.0 Å². The van der Waals surface area contributed by atoms with Crippen molar-refractivity contribution in [3.05, 3.63) is 46.5 Å². The zero-order valence-electron chi connectivity index (χ0n) is 13.2. The number of hydrogen-bond acceptors (Lipinski definition) is 6. The Bertz CT molecular complexity index is 595. The number of methoxy groups -OCH3 is 1. The van der Waals surface area contributed by atoms with Gasteiger partial charge in [0.1, 0.15) is 5.56 Å². The summed E-state index contributed by atoms with van der Waals surface area (Å²) in [4.78, 5) is 24.5. The van der Waals surface area contributed by atoms with Crippen molar-refractivity contribution in [2.45, 2.75) is 18.9 Å². The molecule has 0 unspecified atom stereocenters. The van der Waals surface area contributed by atoms with Crippen LogP contribution in [-0.4, -0.2) is 48.6 Å². The van der Waals surface area contributed by atoms with Gasteiger partial charge in [-0.15, -0.1) is 6.58 Å². The summed E-state index contributed by atoms with van der Waals surface area (Å²) in [7, 11) is 1.21. The molecule has 1 heterocycles. The van der Waals surface area contributed by atoms with Gasteiger partial charge < -0.3 is 10.1 Å². The molecule has 1 N–H and O–H groups in total. The Morgan fingerprint density at radius 1 is 1.52 bits per heavy atom. The highest BCUT2D eigenvalue weighted by Gasteiger charge is 2.23. The lowest BCUT2D eigenvalue weighted by atomic mass is 10.0. The second kappa shape index (κ2) is 7.73. The Morgan fingerprint density at radius 3 is 2.78 bits per heavy atom. The van der Waals surface area contributed by atoms with Crippen molar-refractivity contribution in [2.24, 2.45) is 0 Å². The Hall–Kier alpha value is -2.41. The van der Waals surface area contributed by atoms with Crippen LogP contribution in [0.5, 0.6) is 0 Å². The molecule has 23 heavy (non-hydrogen) atoms. The first-order valence-corrected chi connectivity index (χ1v) is 7.51. The first-order valence-electron chi connectivity index (χ1n) is 7.51. The van der Waals surface area contributed by atoms with Gasteiger partial charge in [0.05, 0.1) is 12.0 Å². The van der Waals surface area contributed by atoms with Crippen molar-refractivity contribution < 1.29 is 14.5 Å². The molecule has 0 spiro atoms. The molecule has 1 aromatic carbocycles. The third-order valence-electron chi connectivity index (χ3n) is 3.94. The molecule has 1 fully saturated rings. The van der Waals surface area contributed by atoms with E-state index in [1.165, 1.54) is 19.2 Å². The highest BCUT2D eigenvalue weighted by Crippen LogP contribution is 2.25. The van der Waals surface area contributed by atoms with Crippen LogP contribution in [0.3, 0.4) is 0 Å². The molecule has 124 valence electrons. The number of esters is 1. The summed E-state index contributed by atoms with van der Waals surface area (Å²) < 4.78 is 4.63. The van der Waals surface area contributed by atoms with Gasteiger partial charge in [0, 0.05) is 37.4 Å². The van der Waals surface area contributed by atoms with Crippen LogP contribution in [0.25, 0.3) is 0 Å². The van der Waals surface area contributed by atoms with E-state index in [4.69, 9.17) is 0 Å². The van der Waals surface area contributed by atoms with Gasteiger partial charge in [-0.1, -0.05) is 6.08 Å². The summed E-state index contributed by atoms with van der Waals surface area (Å²) in [6, 6.07) is 4.73. The molecular formula is C16H21N3O4. The van der Waals surface area contributed by atoms with Crippen LogP contribution in [0.4, 0.5) is 11.4 Å². The number of benzene rings is 1. The van der Waals surface area contributed by atoms with Gasteiger partial charge in [-0.25, -0.2) is 4.79 Å². The van der Waals surface area contributed by atoms with Crippen LogP contribution in [0.15, 0.2) is 30.9 Å². The molecule has 0 atom stereocenters. The SMILES string of the molecule is C=CCN1CCC(Nc2ccc([N+](=O)[O-])c(C(=O)OC)c2)CC1. The largest absolute Gasteiger partial charge is 0.465 e. The molecular weight excluding hydrogens is 298 g/mol. The van der Waals surface area contributed by atoms with Crippen molar-refractivity contribution in [2.75, 3.05) is 32.1 Å². The Labute approximate surface area is 135 Å². The third-order valence-corrected chi connectivity index (χ3v) is 3.94. The van der Waals surface area contributed by atoms with Gasteiger partial charge >= 0.3 is 5.97 Å². The predicted octanol–water partition coefficient (Wildman–Crippen LogP) is 2.44. The van der Waals surface area contributed by atoms with Crippen molar-refractivity contribution in [3.63, 3.8) is 0 Å². The predicted molar refractivity (Wildman–Crippen MR) is 87.7 cm³/mol. The van der Waals surface area contributed by atoms with E-state index in [1.807, 2.05) is 6.08 Å². The number of hydrogen-bond donors (Lipinski definition) is 1. The second-order valence-electron chi connectivity index (χ2n) is 5.49. The summed E-state index contributed by atoms with van der Waals surface area (Å²) in [5.41, 5.74) is 0.410. The fourth-order valence-electron chi connectivity index (χ4n) is 2.74. The van der Waals surface area contributed by atoms with E-state index in [-0.39, 0.29) is 17.3 Å². The Kier molecular flexibility index (Phi) is 5.70. The van der Waals surface area contributed by atoms with Gasteiger partial charge in [0.2, 0.25) is 0 Å². The topological polar surface area (TPSA) is 84.7 Å². The van der Waals surface area contributed by atoms with Crippen LogP contribution in [0.2, 0.25) is 0 Å². The number of piperidine rings is 1. The number of carbonyl (C=O) groups excluding carboxylic acids is 1. The lowest BCUT2D eigenvalue weighted by molar-refractivity contribution is -0.385. The van der Waals surface area contributed by atoms with Crippen LogP contribution in [0.1, 0.15) is 23.2 Å². The van der Waals surface area contributed by atoms with Crippen molar-refractivity contribution in [1.29, 1.82) is 0 Å². The molecule has 7 nitrogen and oxygen atoms in total. The number of carbonyl (C=O) groups is 1. The van der Waals surface area contributed by atoms with E-state index in [0.29, 0.717) is 5.69 Å². The summed E-state index contributed by atoms with van der Waals surface area (Å²) in [6.45, 7) is 6.57. The van der Waals surface area contributed by atoms with Crippen molar-refractivity contribution in [3.8, 4) is 0 Å². The molecule has 1 aromatic rings. The first kappa shape index (κ1) is 17.0. The highest BCUT2D eigenvalue weighted by atomic mass is 16.6. The number of rotatable bonds is 6. The minimum absolute atomic E-state index is 0.0356. The number of nitro benzene ring substituents is 1. The number of likely N-dealkylation sites (tertiary alicyclic amines) is 1. The van der Waals surface area contributed by atoms with Gasteiger partial charge in [0.15, 0.2) is 0 Å². The lowest BCUT2D eigenvalue weighted by Gasteiger charge is -2.32. The van der Waals surface area contributed by atoms with E-state index < -0.39 is 10.9 Å². The number of anilines is 1. The van der Waals surface area contributed by atoms with Crippen LogP contribution in [-0.2, 0) is 4.74 Å². The lowest BCUT2D eigenvalue weighted by Crippen LogP contribution is -2.39. The van der Waals surface area contributed by atoms with Gasteiger partial charge in [0.25, 0.3) is 5.69 Å². The smallest absolute Gasteiger partial charge is 0.344 e. The number of ether oxygens (including phenoxy) is 1. The molecule has 2 rings (SSSR count). The van der Waals surface area contributed by atoms with Gasteiger partial charge in [-0.3, -0.25) is 15.0 Å². The van der Waals surface area contributed by atoms with E-state index >= 15 is 0 Å². The molecule has 0 aromatic heterocycles. The first-order chi connectivity index (χ1) is 11.0. The van der Waals surface area contributed by atoms with E-state index in [9.17, 15) is 14.9 Å². The summed E-state index contributed by atoms with van der Waals surface area (Å²) in [5.74, 6) is -0.707. The molecule has 0 radical (unpaired) electrons. The maximum Gasteiger partial charge on any atom is 0.344 e. The average molecular weight is 319 g/mol. The zero-order valence-corrected chi connectivity index (χ0v) is 13.2. The molecule has 1 aliphatic heterocycles. The normalized spacial score (nSPS) is 15.9. The summed E-state index contributed by atoms with van der Waals surface area (Å²) in [6.07, 6.45) is 3.84. The second-order valence-corrected chi connectivity index (χ2v) is 5.49. The summed E-state index contributed by atoms with van der Waals surface area (Å²) >= 11 is 0. The van der Waals surface area contributed by atoms with E-state index in [0.717, 1.165) is 32.5 Å². The fourth-order valence-corrected chi connectivity index (χ4v) is 2.74. The number of nitrogens with zero attached hydrogens (tertiary/aromatic N) is 2. The van der Waals surface area contributed by atoms with Crippen LogP contribution >= 0.6 is 0 Å². The monoisotopic (exact) mass is 319 g/mol. The molecule has 0 saturated carbocycles. The van der Waals surface area contributed by atoms with Crippen molar-refractivity contribution >= 4 is 17.3 Å². The Morgan fingerprint density at radius 2 is 2.22 bits per heavy atom. The summed E-state index contributed by atoms with van der Waals surface area (Å²) in [5, 5.41) is 14.4. The number of nitro groups is 1. The quantitative estimate of drug-likeness (QED) is 0.375. The van der Waals surface area contributed by atoms with Crippen LogP contribution < -0.4 is 5.32 Å². The van der Waals surface area contributed by atoms with Crippen molar-refractivity contribution in [1.82, 2.24) is 4.90 Å². The van der Waals surface area contributed by atoms with E-state index in [1.54, 1.807) is 6.07 Å². The van der Waals surface area contributed by atoms with E-state index in [2.05, 4.69) is 21.5 Å². The average Bonchev–Trinajstić information content (AvgIpc) is 2.56. The highest BCUT2D eigenvalue weighted by molar-refractivity contribution is 5.95. The molecule has 1 aliphatic rings. The maximum absolute atomic E-state index is 11.7. The maximum atomic E-state index is 11.7. The molecule has 0 bridgehead atoms. The third kappa shape index (κ3) is 4.29. The molecule has 0 aliphatic carbocycles.